The van der Waals surface area contributed by atoms with Crippen LogP contribution in [0.25, 0.3) is 11.3 Å². The first kappa shape index (κ1) is 26.6. The fourth-order valence-electron chi connectivity index (χ4n) is 3.90. The van der Waals surface area contributed by atoms with Gasteiger partial charge in [0.25, 0.3) is 0 Å². The van der Waals surface area contributed by atoms with Gasteiger partial charge in [0.05, 0.1) is 31.6 Å². The average Bonchev–Trinajstić information content (AvgIpc) is 3.27. The Morgan fingerprint density at radius 2 is 1.97 bits per heavy atom. The van der Waals surface area contributed by atoms with Crippen LogP contribution in [0.2, 0.25) is 0 Å². The van der Waals surface area contributed by atoms with Gasteiger partial charge in [0, 0.05) is 18.3 Å². The number of hydrogen-bond acceptors (Lipinski definition) is 10. The summed E-state index contributed by atoms with van der Waals surface area (Å²) in [5, 5.41) is 16.8. The summed E-state index contributed by atoms with van der Waals surface area (Å²) >= 11 is 0. The number of carboxylic acid groups (broad SMARTS) is 1. The van der Waals surface area contributed by atoms with Crippen molar-refractivity contribution in [3.8, 4) is 23.0 Å². The minimum absolute atomic E-state index is 0.222. The third kappa shape index (κ3) is 6.47. The van der Waals surface area contributed by atoms with E-state index < -0.39 is 17.8 Å². The van der Waals surface area contributed by atoms with Crippen molar-refractivity contribution in [2.75, 3.05) is 25.5 Å². The maximum Gasteiger partial charge on any atom is 0.437 e. The van der Waals surface area contributed by atoms with Crippen molar-refractivity contribution in [2.45, 2.75) is 52.2 Å². The summed E-state index contributed by atoms with van der Waals surface area (Å²) in [4.78, 5) is 38.7. The number of carbonyl (C=O) groups excluding carboxylic acids is 1. The molecule has 1 aliphatic heterocycles. The fourth-order valence-corrected chi connectivity index (χ4v) is 3.90. The van der Waals surface area contributed by atoms with Crippen LogP contribution in [0.1, 0.15) is 39.3 Å². The van der Waals surface area contributed by atoms with Gasteiger partial charge in [0.2, 0.25) is 11.8 Å². The molecule has 0 saturated carbocycles. The summed E-state index contributed by atoms with van der Waals surface area (Å²) in [6, 6.07) is 5.28. The van der Waals surface area contributed by atoms with Gasteiger partial charge >= 0.3 is 12.2 Å². The summed E-state index contributed by atoms with van der Waals surface area (Å²) in [7, 11) is 1.51. The molecule has 0 spiro atoms. The van der Waals surface area contributed by atoms with Crippen LogP contribution >= 0.6 is 0 Å². The highest BCUT2D eigenvalue weighted by Crippen LogP contribution is 2.31. The van der Waals surface area contributed by atoms with E-state index in [0.29, 0.717) is 42.3 Å². The average molecular weight is 526 g/mol. The number of nitrogens with zero attached hydrogens (tertiary/aromatic N) is 6. The van der Waals surface area contributed by atoms with E-state index in [1.807, 2.05) is 19.1 Å². The molecular formula is C25H31N7O6. The second-order valence-corrected chi connectivity index (χ2v) is 9.79. The van der Waals surface area contributed by atoms with Crippen LogP contribution in [0.4, 0.5) is 21.2 Å². The third-order valence-electron chi connectivity index (χ3n) is 5.55. The first-order chi connectivity index (χ1) is 18.0. The van der Waals surface area contributed by atoms with Crippen LogP contribution in [0, 0.1) is 6.92 Å². The molecule has 0 unspecified atom stereocenters. The van der Waals surface area contributed by atoms with Gasteiger partial charge in [-0.1, -0.05) is 0 Å². The minimum atomic E-state index is -0.980. The number of carbonyl (C=O) groups is 2. The Morgan fingerprint density at radius 1 is 1.18 bits per heavy atom. The summed E-state index contributed by atoms with van der Waals surface area (Å²) in [5.41, 5.74) is 1.04. The molecule has 1 amide bonds. The van der Waals surface area contributed by atoms with Crippen molar-refractivity contribution < 1.29 is 28.9 Å². The summed E-state index contributed by atoms with van der Waals surface area (Å²) in [5.74, 6) is 1.15. The third-order valence-corrected chi connectivity index (χ3v) is 5.55. The zero-order valence-electron chi connectivity index (χ0n) is 22.0. The van der Waals surface area contributed by atoms with E-state index in [-0.39, 0.29) is 24.3 Å². The highest BCUT2D eigenvalue weighted by molar-refractivity contribution is 5.79. The molecule has 202 valence electrons. The van der Waals surface area contributed by atoms with E-state index in [0.717, 1.165) is 10.4 Å². The number of methoxy groups -OCH3 is 1. The SMILES string of the molecule is COc1nc(C)ccc1-c1cc(Nc2cncc(O[C@@H]3CCCN(C(=O)O)C3)n2)n(C(=O)OC(C)(C)C)n1. The van der Waals surface area contributed by atoms with Gasteiger partial charge in [-0.2, -0.15) is 10.1 Å². The van der Waals surface area contributed by atoms with Crippen LogP contribution in [-0.2, 0) is 4.74 Å². The van der Waals surface area contributed by atoms with Crippen molar-refractivity contribution in [2.24, 2.45) is 0 Å². The Labute approximate surface area is 219 Å². The molecule has 0 aromatic carbocycles. The summed E-state index contributed by atoms with van der Waals surface area (Å²) < 4.78 is 18.0. The summed E-state index contributed by atoms with van der Waals surface area (Å²) in [6.45, 7) is 7.85. The molecular weight excluding hydrogens is 494 g/mol. The summed E-state index contributed by atoms with van der Waals surface area (Å²) in [6.07, 6.45) is 2.29. The lowest BCUT2D eigenvalue weighted by Crippen LogP contribution is -2.43. The quantitative estimate of drug-likeness (QED) is 0.478. The van der Waals surface area contributed by atoms with Crippen LogP contribution in [0.15, 0.2) is 30.6 Å². The number of anilines is 2. The van der Waals surface area contributed by atoms with E-state index in [9.17, 15) is 14.7 Å². The fraction of sp³-hybridized carbons (Fsp3) is 0.440. The lowest BCUT2D eigenvalue weighted by Gasteiger charge is -2.30. The lowest BCUT2D eigenvalue weighted by atomic mass is 10.1. The van der Waals surface area contributed by atoms with E-state index >= 15 is 0 Å². The van der Waals surface area contributed by atoms with Crippen molar-refractivity contribution >= 4 is 23.8 Å². The van der Waals surface area contributed by atoms with E-state index in [1.165, 1.54) is 24.4 Å². The number of rotatable bonds is 6. The number of aromatic nitrogens is 5. The van der Waals surface area contributed by atoms with Gasteiger partial charge < -0.3 is 29.5 Å². The van der Waals surface area contributed by atoms with Crippen molar-refractivity contribution in [3.05, 3.63) is 36.3 Å². The molecule has 0 aliphatic carbocycles. The number of likely N-dealkylation sites (tertiary alicyclic amines) is 1. The largest absolute Gasteiger partial charge is 0.480 e. The van der Waals surface area contributed by atoms with Crippen LogP contribution in [0.5, 0.6) is 11.8 Å². The zero-order valence-corrected chi connectivity index (χ0v) is 22.0. The molecule has 2 N–H and O–H groups in total. The number of pyridine rings is 1. The molecule has 4 rings (SSSR count). The molecule has 13 nitrogen and oxygen atoms in total. The van der Waals surface area contributed by atoms with Crippen LogP contribution in [0.3, 0.4) is 0 Å². The number of nitrogens with one attached hydrogen (secondary N) is 1. The van der Waals surface area contributed by atoms with Gasteiger partial charge in [0.1, 0.15) is 23.2 Å². The zero-order chi connectivity index (χ0) is 27.4. The lowest BCUT2D eigenvalue weighted by molar-refractivity contribution is 0.0519. The normalized spacial score (nSPS) is 15.6. The minimum Gasteiger partial charge on any atom is -0.480 e. The monoisotopic (exact) mass is 525 g/mol. The number of amides is 1. The van der Waals surface area contributed by atoms with E-state index in [1.54, 1.807) is 26.8 Å². The molecule has 0 radical (unpaired) electrons. The van der Waals surface area contributed by atoms with Gasteiger partial charge in [-0.25, -0.2) is 14.6 Å². The molecule has 1 atom stereocenters. The van der Waals surface area contributed by atoms with E-state index in [4.69, 9.17) is 14.2 Å². The molecule has 3 aromatic rings. The Balaban J connectivity index is 1.62. The smallest absolute Gasteiger partial charge is 0.437 e. The Hall–Kier alpha value is -4.42. The predicted molar refractivity (Wildman–Crippen MR) is 137 cm³/mol. The molecule has 0 bridgehead atoms. The maximum absolute atomic E-state index is 13.0. The van der Waals surface area contributed by atoms with Crippen molar-refractivity contribution in [1.82, 2.24) is 29.6 Å². The molecule has 13 heteroatoms. The van der Waals surface area contributed by atoms with Gasteiger partial charge in [-0.05, 0) is 52.7 Å². The second kappa shape index (κ2) is 10.9. The van der Waals surface area contributed by atoms with Gasteiger partial charge in [-0.15, -0.1) is 4.68 Å². The predicted octanol–water partition coefficient (Wildman–Crippen LogP) is 4.10. The van der Waals surface area contributed by atoms with E-state index in [2.05, 4.69) is 25.4 Å². The molecule has 1 saturated heterocycles. The molecule has 4 heterocycles. The highest BCUT2D eigenvalue weighted by atomic mass is 16.6. The topological polar surface area (TPSA) is 154 Å². The van der Waals surface area contributed by atoms with Crippen molar-refractivity contribution in [3.63, 3.8) is 0 Å². The van der Waals surface area contributed by atoms with Gasteiger partial charge in [-0.3, -0.25) is 4.98 Å². The Morgan fingerprint density at radius 3 is 2.68 bits per heavy atom. The highest BCUT2D eigenvalue weighted by Gasteiger charge is 2.26. The first-order valence-electron chi connectivity index (χ1n) is 12.1. The number of piperidine rings is 1. The molecule has 1 fully saturated rings. The standard InChI is InChI=1S/C25H31N7O6/c1-15-8-9-17(22(27-15)36-5)18-11-20(32(30-18)24(35)38-25(2,3)4)28-19-12-26-13-21(29-19)37-16-7-6-10-31(14-16)23(33)34/h8-9,11-13,16H,6-7,10,14H2,1-5H3,(H,28,29)(H,33,34)/t16-/m1/s1. The maximum atomic E-state index is 13.0. The number of aryl methyl sites for hydroxylation is 1. The van der Waals surface area contributed by atoms with Crippen LogP contribution in [-0.4, -0.2) is 78.8 Å². The van der Waals surface area contributed by atoms with Crippen LogP contribution < -0.4 is 14.8 Å². The Bertz CT molecular complexity index is 1320. The van der Waals surface area contributed by atoms with Crippen molar-refractivity contribution in [1.29, 1.82) is 0 Å². The molecule has 3 aromatic heterocycles. The Kier molecular flexibility index (Phi) is 7.65. The van der Waals surface area contributed by atoms with Gasteiger partial charge in [0.15, 0.2) is 5.82 Å². The number of hydrogen-bond donors (Lipinski definition) is 2. The molecule has 1 aliphatic rings. The number of ether oxygens (including phenoxy) is 3. The molecule has 38 heavy (non-hydrogen) atoms. The second-order valence-electron chi connectivity index (χ2n) is 9.79. The first-order valence-corrected chi connectivity index (χ1v) is 12.1.